The third-order valence-electron chi connectivity index (χ3n) is 2.10. The second-order valence-corrected chi connectivity index (χ2v) is 6.13. The van der Waals surface area contributed by atoms with Crippen molar-refractivity contribution in [1.29, 1.82) is 0 Å². The maximum Gasteiger partial charge on any atom is 0.169 e. The summed E-state index contributed by atoms with van der Waals surface area (Å²) in [7, 11) is 0. The molecule has 14 heavy (non-hydrogen) atoms. The molecule has 0 aliphatic heterocycles. The Morgan fingerprint density at radius 3 is 2.86 bits per heavy atom. The van der Waals surface area contributed by atoms with E-state index in [1.165, 1.54) is 18.8 Å². The van der Waals surface area contributed by atoms with Crippen LogP contribution in [0.4, 0.5) is 0 Å². The van der Waals surface area contributed by atoms with E-state index >= 15 is 0 Å². The number of hydrogen-bond donors (Lipinski definition) is 0. The molecule has 0 unspecified atom stereocenters. The van der Waals surface area contributed by atoms with E-state index < -0.39 is 0 Å². The molecular weight excluding hydrogens is 232 g/mol. The lowest BCUT2D eigenvalue weighted by molar-refractivity contribution is 0.102. The van der Waals surface area contributed by atoms with Crippen LogP contribution in [0.25, 0.3) is 18.8 Å². The highest BCUT2D eigenvalue weighted by atomic mass is 32.1. The van der Waals surface area contributed by atoms with Crippen LogP contribution in [0.2, 0.25) is 0 Å². The van der Waals surface area contributed by atoms with Gasteiger partial charge in [-0.3, -0.25) is 4.79 Å². The van der Waals surface area contributed by atoms with Gasteiger partial charge in [-0.05, 0) is 24.4 Å². The first-order valence-corrected chi connectivity index (χ1v) is 6.67. The van der Waals surface area contributed by atoms with Gasteiger partial charge in [0.05, 0.1) is 14.3 Å². The maximum absolute atomic E-state index is 11.2. The van der Waals surface area contributed by atoms with Gasteiger partial charge >= 0.3 is 0 Å². The van der Waals surface area contributed by atoms with Gasteiger partial charge in [0.2, 0.25) is 0 Å². The number of Topliss-reactive ketones (excluding diaryl/α,β-unsaturated/α-hetero) is 1. The van der Waals surface area contributed by atoms with Crippen molar-refractivity contribution in [2.75, 3.05) is 0 Å². The molecule has 1 nitrogen and oxygen atoms in total. The Hall–Kier alpha value is -0.710. The van der Waals surface area contributed by atoms with Gasteiger partial charge in [0, 0.05) is 9.40 Å². The number of fused-ring (bicyclic) bond motifs is 3. The van der Waals surface area contributed by atoms with Crippen molar-refractivity contribution in [2.45, 2.75) is 6.92 Å². The van der Waals surface area contributed by atoms with E-state index in [1.54, 1.807) is 40.9 Å². The Balaban J connectivity index is 2.43. The smallest absolute Gasteiger partial charge is 0.169 e. The summed E-state index contributed by atoms with van der Waals surface area (Å²) in [5.74, 6) is 0.170. The van der Waals surface area contributed by atoms with Crippen molar-refractivity contribution in [3.63, 3.8) is 0 Å². The van der Waals surface area contributed by atoms with Crippen molar-refractivity contribution < 1.29 is 4.79 Å². The molecular formula is C10H6OS3. The van der Waals surface area contributed by atoms with Gasteiger partial charge in [0.1, 0.15) is 0 Å². The monoisotopic (exact) mass is 238 g/mol. The molecule has 3 aromatic rings. The van der Waals surface area contributed by atoms with E-state index in [-0.39, 0.29) is 5.78 Å². The fourth-order valence-electron chi connectivity index (χ4n) is 1.44. The fraction of sp³-hybridized carbons (Fsp3) is 0.100. The molecule has 3 rings (SSSR count). The number of rotatable bonds is 1. The molecule has 0 atom stereocenters. The van der Waals surface area contributed by atoms with E-state index in [9.17, 15) is 4.79 Å². The number of thiophene rings is 3. The highest BCUT2D eigenvalue weighted by molar-refractivity contribution is 7.38. The first-order valence-electron chi connectivity index (χ1n) is 4.16. The number of ketones is 1. The summed E-state index contributed by atoms with van der Waals surface area (Å²) in [6.45, 7) is 1.63. The van der Waals surface area contributed by atoms with E-state index in [4.69, 9.17) is 0 Å². The Labute approximate surface area is 92.6 Å². The summed E-state index contributed by atoms with van der Waals surface area (Å²) >= 11 is 5.15. The van der Waals surface area contributed by atoms with Crippen LogP contribution in [-0.2, 0) is 0 Å². The van der Waals surface area contributed by atoms with Crippen molar-refractivity contribution in [3.8, 4) is 0 Å². The molecule has 0 aromatic carbocycles. The summed E-state index contributed by atoms with van der Waals surface area (Å²) < 4.78 is 5.21. The molecule has 0 amide bonds. The minimum Gasteiger partial charge on any atom is -0.294 e. The zero-order valence-electron chi connectivity index (χ0n) is 7.37. The zero-order chi connectivity index (χ0) is 9.71. The lowest BCUT2D eigenvalue weighted by Crippen LogP contribution is -1.83. The molecule has 0 fully saturated rings. The summed E-state index contributed by atoms with van der Waals surface area (Å²) in [5.41, 5.74) is 0. The lowest BCUT2D eigenvalue weighted by atomic mass is 10.3. The molecule has 0 aliphatic carbocycles. The van der Waals surface area contributed by atoms with Crippen LogP contribution in [0.15, 0.2) is 17.5 Å². The van der Waals surface area contributed by atoms with Crippen LogP contribution in [0.5, 0.6) is 0 Å². The highest BCUT2D eigenvalue weighted by Crippen LogP contribution is 2.42. The Morgan fingerprint density at radius 1 is 1.21 bits per heavy atom. The molecule has 0 aliphatic rings. The predicted molar refractivity (Wildman–Crippen MR) is 65.1 cm³/mol. The van der Waals surface area contributed by atoms with E-state index in [0.717, 1.165) is 4.88 Å². The Bertz CT molecular complexity index is 626. The van der Waals surface area contributed by atoms with Gasteiger partial charge < -0.3 is 0 Å². The summed E-state index contributed by atoms with van der Waals surface area (Å²) in [4.78, 5) is 12.1. The quantitative estimate of drug-likeness (QED) is 0.575. The number of hydrogen-bond acceptors (Lipinski definition) is 4. The van der Waals surface area contributed by atoms with Gasteiger partial charge in [0.15, 0.2) is 5.78 Å². The average molecular weight is 238 g/mol. The second kappa shape index (κ2) is 2.89. The van der Waals surface area contributed by atoms with Crippen LogP contribution in [0.1, 0.15) is 16.6 Å². The number of carbonyl (C=O) groups is 1. The minimum atomic E-state index is 0.170. The van der Waals surface area contributed by atoms with Gasteiger partial charge in [-0.15, -0.1) is 34.0 Å². The van der Waals surface area contributed by atoms with E-state index in [2.05, 4.69) is 11.4 Å². The van der Waals surface area contributed by atoms with E-state index in [0.29, 0.717) is 0 Å². The van der Waals surface area contributed by atoms with Gasteiger partial charge in [-0.25, -0.2) is 0 Å². The van der Waals surface area contributed by atoms with Crippen molar-refractivity contribution >= 4 is 58.6 Å². The normalized spacial score (nSPS) is 11.5. The van der Waals surface area contributed by atoms with E-state index in [1.807, 2.05) is 6.07 Å². The molecule has 4 heteroatoms. The molecule has 0 radical (unpaired) electrons. The van der Waals surface area contributed by atoms with Crippen LogP contribution < -0.4 is 0 Å². The Kier molecular flexibility index (Phi) is 1.77. The highest BCUT2D eigenvalue weighted by Gasteiger charge is 2.12. The third-order valence-corrected chi connectivity index (χ3v) is 5.78. The standard InChI is InChI=1S/C10H6OS3/c1-5(11)7-4-8-10(14-7)9-6(13-8)2-3-12-9/h2-4H,1H3. The molecule has 0 N–H and O–H groups in total. The third kappa shape index (κ3) is 1.08. The van der Waals surface area contributed by atoms with Crippen LogP contribution in [-0.4, -0.2) is 5.78 Å². The lowest BCUT2D eigenvalue weighted by Gasteiger charge is -1.82. The van der Waals surface area contributed by atoms with Crippen molar-refractivity contribution in [1.82, 2.24) is 0 Å². The van der Waals surface area contributed by atoms with Crippen LogP contribution in [0, 0.1) is 0 Å². The fourth-order valence-corrected chi connectivity index (χ4v) is 5.11. The van der Waals surface area contributed by atoms with Gasteiger partial charge in [0.25, 0.3) is 0 Å². The van der Waals surface area contributed by atoms with Crippen LogP contribution in [0.3, 0.4) is 0 Å². The maximum atomic E-state index is 11.2. The molecule has 0 spiro atoms. The first kappa shape index (κ1) is 8.59. The number of carbonyl (C=O) groups excluding carboxylic acids is 1. The second-order valence-electron chi connectivity index (χ2n) is 3.08. The molecule has 0 saturated heterocycles. The summed E-state index contributed by atoms with van der Waals surface area (Å²) in [5, 5.41) is 2.10. The first-order chi connectivity index (χ1) is 6.75. The molecule has 3 heterocycles. The molecule has 0 bridgehead atoms. The largest absolute Gasteiger partial charge is 0.294 e. The topological polar surface area (TPSA) is 17.1 Å². The SMILES string of the molecule is CC(=O)c1cc2sc3ccsc3c2s1. The zero-order valence-corrected chi connectivity index (χ0v) is 9.81. The molecule has 3 aromatic heterocycles. The summed E-state index contributed by atoms with van der Waals surface area (Å²) in [6, 6.07) is 4.16. The molecule has 70 valence electrons. The summed E-state index contributed by atoms with van der Waals surface area (Å²) in [6.07, 6.45) is 0. The minimum absolute atomic E-state index is 0.170. The van der Waals surface area contributed by atoms with Crippen LogP contribution >= 0.6 is 34.0 Å². The predicted octanol–water partition coefficient (Wildman–Crippen LogP) is 4.38. The van der Waals surface area contributed by atoms with Gasteiger partial charge in [-0.1, -0.05) is 0 Å². The Morgan fingerprint density at radius 2 is 2.07 bits per heavy atom. The van der Waals surface area contributed by atoms with Crippen molar-refractivity contribution in [3.05, 3.63) is 22.4 Å². The molecule has 0 saturated carbocycles. The van der Waals surface area contributed by atoms with Crippen molar-refractivity contribution in [2.24, 2.45) is 0 Å². The average Bonchev–Trinajstić information content (AvgIpc) is 2.70. The van der Waals surface area contributed by atoms with Gasteiger partial charge in [-0.2, -0.15) is 0 Å².